The first-order chi connectivity index (χ1) is 10.4. The second-order valence-electron chi connectivity index (χ2n) is 5.40. The van der Waals surface area contributed by atoms with Gasteiger partial charge in [-0.3, -0.25) is 0 Å². The SMILES string of the molecule is CN(C)S(=O)(=O)c1ccc2c(c1)C(Cl)c1ccccc1C=C2. The number of sulfonamides is 1. The largest absolute Gasteiger partial charge is 0.242 e. The predicted octanol–water partition coefficient (Wildman–Crippen LogP) is 3.75. The molecule has 0 aliphatic heterocycles. The number of nitrogens with zero attached hydrogens (tertiary/aromatic N) is 1. The molecule has 22 heavy (non-hydrogen) atoms. The fourth-order valence-corrected chi connectivity index (χ4v) is 3.86. The first kappa shape index (κ1) is 15.3. The highest BCUT2D eigenvalue weighted by molar-refractivity contribution is 7.89. The molecular formula is C17H16ClNO2S. The van der Waals surface area contributed by atoms with Crippen LogP contribution in [0, 0.1) is 0 Å². The molecule has 2 aromatic rings. The lowest BCUT2D eigenvalue weighted by Gasteiger charge is -2.16. The molecule has 0 heterocycles. The van der Waals surface area contributed by atoms with Crippen LogP contribution in [0.15, 0.2) is 47.4 Å². The minimum Gasteiger partial charge on any atom is -0.207 e. The Labute approximate surface area is 135 Å². The van der Waals surface area contributed by atoms with Gasteiger partial charge in [-0.2, -0.15) is 0 Å². The van der Waals surface area contributed by atoms with Gasteiger partial charge >= 0.3 is 0 Å². The van der Waals surface area contributed by atoms with Gasteiger partial charge in [0.15, 0.2) is 0 Å². The Morgan fingerprint density at radius 3 is 2.27 bits per heavy atom. The number of halogens is 1. The van der Waals surface area contributed by atoms with E-state index in [1.54, 1.807) is 12.1 Å². The molecule has 3 rings (SSSR count). The fraction of sp³-hybridized carbons (Fsp3) is 0.176. The van der Waals surface area contributed by atoms with Gasteiger partial charge in [0.2, 0.25) is 10.0 Å². The summed E-state index contributed by atoms with van der Waals surface area (Å²) >= 11 is 6.64. The lowest BCUT2D eigenvalue weighted by atomic mass is 9.99. The van der Waals surface area contributed by atoms with Crippen molar-refractivity contribution in [3.63, 3.8) is 0 Å². The van der Waals surface area contributed by atoms with E-state index in [0.29, 0.717) is 0 Å². The van der Waals surface area contributed by atoms with E-state index in [4.69, 9.17) is 11.6 Å². The van der Waals surface area contributed by atoms with Gasteiger partial charge in [-0.1, -0.05) is 42.5 Å². The van der Waals surface area contributed by atoms with Crippen molar-refractivity contribution in [3.05, 3.63) is 64.7 Å². The Hall–Kier alpha value is -1.62. The topological polar surface area (TPSA) is 37.4 Å². The van der Waals surface area contributed by atoms with Crippen LogP contribution in [0.3, 0.4) is 0 Å². The molecule has 1 unspecified atom stereocenters. The van der Waals surface area contributed by atoms with Crippen LogP contribution in [0.1, 0.15) is 27.6 Å². The van der Waals surface area contributed by atoms with Crippen LogP contribution in [0.5, 0.6) is 0 Å². The molecule has 2 aromatic carbocycles. The molecule has 5 heteroatoms. The molecule has 0 fully saturated rings. The molecule has 1 aliphatic rings. The second kappa shape index (κ2) is 5.54. The summed E-state index contributed by atoms with van der Waals surface area (Å²) in [6.45, 7) is 0. The Kier molecular flexibility index (Phi) is 3.85. The maximum atomic E-state index is 12.3. The summed E-state index contributed by atoms with van der Waals surface area (Å²) in [4.78, 5) is 0.259. The van der Waals surface area contributed by atoms with E-state index in [0.717, 1.165) is 22.3 Å². The van der Waals surface area contributed by atoms with E-state index in [-0.39, 0.29) is 10.3 Å². The average Bonchev–Trinajstić information content (AvgIpc) is 2.65. The molecule has 0 N–H and O–H groups in total. The Balaban J connectivity index is 2.19. The van der Waals surface area contributed by atoms with Crippen molar-refractivity contribution in [2.75, 3.05) is 14.1 Å². The normalized spacial score (nSPS) is 17.0. The van der Waals surface area contributed by atoms with Gasteiger partial charge in [0.1, 0.15) is 0 Å². The Morgan fingerprint density at radius 1 is 0.955 bits per heavy atom. The summed E-state index contributed by atoms with van der Waals surface area (Å²) in [7, 11) is -0.428. The Morgan fingerprint density at radius 2 is 1.59 bits per heavy atom. The van der Waals surface area contributed by atoms with Crippen molar-refractivity contribution in [1.29, 1.82) is 0 Å². The highest BCUT2D eigenvalue weighted by Gasteiger charge is 2.23. The smallest absolute Gasteiger partial charge is 0.207 e. The van der Waals surface area contributed by atoms with E-state index in [2.05, 4.69) is 0 Å². The van der Waals surface area contributed by atoms with Crippen molar-refractivity contribution in [1.82, 2.24) is 4.31 Å². The summed E-state index contributed by atoms with van der Waals surface area (Å²) < 4.78 is 25.8. The van der Waals surface area contributed by atoms with Crippen molar-refractivity contribution >= 4 is 33.8 Å². The highest BCUT2D eigenvalue weighted by atomic mass is 35.5. The van der Waals surface area contributed by atoms with E-state index in [1.807, 2.05) is 42.5 Å². The lowest BCUT2D eigenvalue weighted by molar-refractivity contribution is 0.520. The summed E-state index contributed by atoms with van der Waals surface area (Å²) in [6, 6.07) is 13.0. The van der Waals surface area contributed by atoms with Crippen molar-refractivity contribution in [2.45, 2.75) is 10.3 Å². The number of rotatable bonds is 2. The quantitative estimate of drug-likeness (QED) is 0.785. The number of hydrogen-bond donors (Lipinski definition) is 0. The highest BCUT2D eigenvalue weighted by Crippen LogP contribution is 2.38. The third-order valence-electron chi connectivity index (χ3n) is 3.82. The van der Waals surface area contributed by atoms with Crippen LogP contribution in [0.25, 0.3) is 12.2 Å². The van der Waals surface area contributed by atoms with Gasteiger partial charge in [-0.25, -0.2) is 12.7 Å². The van der Waals surface area contributed by atoms with Crippen molar-refractivity contribution < 1.29 is 8.42 Å². The van der Waals surface area contributed by atoms with Crippen LogP contribution in [-0.4, -0.2) is 26.8 Å². The molecule has 0 amide bonds. The molecule has 1 aliphatic carbocycles. The third-order valence-corrected chi connectivity index (χ3v) is 6.10. The van der Waals surface area contributed by atoms with E-state index < -0.39 is 10.0 Å². The summed E-state index contributed by atoms with van der Waals surface area (Å²) in [5, 5.41) is -0.376. The zero-order chi connectivity index (χ0) is 15.9. The van der Waals surface area contributed by atoms with Gasteiger partial charge in [0, 0.05) is 14.1 Å². The van der Waals surface area contributed by atoms with Crippen LogP contribution in [-0.2, 0) is 10.0 Å². The molecule has 1 atom stereocenters. The first-order valence-corrected chi connectivity index (χ1v) is 8.76. The summed E-state index contributed by atoms with van der Waals surface area (Å²) in [5.74, 6) is 0. The number of hydrogen-bond acceptors (Lipinski definition) is 2. The fourth-order valence-electron chi connectivity index (χ4n) is 2.54. The number of alkyl halides is 1. The van der Waals surface area contributed by atoms with Gasteiger partial charge in [-0.15, -0.1) is 11.6 Å². The maximum absolute atomic E-state index is 12.3. The van der Waals surface area contributed by atoms with Gasteiger partial charge in [0.05, 0.1) is 10.3 Å². The second-order valence-corrected chi connectivity index (χ2v) is 7.99. The van der Waals surface area contributed by atoms with Crippen LogP contribution >= 0.6 is 11.6 Å². The molecule has 0 radical (unpaired) electrons. The van der Waals surface area contributed by atoms with Gasteiger partial charge in [-0.05, 0) is 34.4 Å². The molecule has 114 valence electrons. The molecule has 0 aromatic heterocycles. The molecule has 0 saturated carbocycles. The maximum Gasteiger partial charge on any atom is 0.242 e. The van der Waals surface area contributed by atoms with E-state index in [1.165, 1.54) is 18.4 Å². The lowest BCUT2D eigenvalue weighted by Crippen LogP contribution is -2.22. The van der Waals surface area contributed by atoms with Crippen LogP contribution in [0.4, 0.5) is 0 Å². The predicted molar refractivity (Wildman–Crippen MR) is 90.4 cm³/mol. The number of benzene rings is 2. The first-order valence-electron chi connectivity index (χ1n) is 6.89. The van der Waals surface area contributed by atoms with E-state index >= 15 is 0 Å². The van der Waals surface area contributed by atoms with Gasteiger partial charge < -0.3 is 0 Å². The van der Waals surface area contributed by atoms with Crippen molar-refractivity contribution in [3.8, 4) is 0 Å². The molecular weight excluding hydrogens is 318 g/mol. The summed E-state index contributed by atoms with van der Waals surface area (Å²) in [5.41, 5.74) is 3.79. The molecule has 0 saturated heterocycles. The Bertz CT molecular complexity index is 857. The minimum atomic E-state index is -3.47. The van der Waals surface area contributed by atoms with Crippen molar-refractivity contribution in [2.24, 2.45) is 0 Å². The van der Waals surface area contributed by atoms with Crippen LogP contribution in [0.2, 0.25) is 0 Å². The zero-order valence-electron chi connectivity index (χ0n) is 12.3. The number of fused-ring (bicyclic) bond motifs is 2. The standard InChI is InChI=1S/C17H16ClNO2S/c1-19(2)22(20,21)14-10-9-13-8-7-12-5-3-4-6-15(12)17(18)16(13)11-14/h3-11,17H,1-2H3. The minimum absolute atomic E-state index is 0.259. The molecule has 0 spiro atoms. The third kappa shape index (κ3) is 2.47. The van der Waals surface area contributed by atoms with Crippen LogP contribution < -0.4 is 0 Å². The zero-order valence-corrected chi connectivity index (χ0v) is 13.9. The van der Waals surface area contributed by atoms with E-state index in [9.17, 15) is 8.42 Å². The molecule has 0 bridgehead atoms. The average molecular weight is 334 g/mol. The monoisotopic (exact) mass is 333 g/mol. The molecule has 3 nitrogen and oxygen atoms in total. The van der Waals surface area contributed by atoms with Gasteiger partial charge in [0.25, 0.3) is 0 Å². The summed E-state index contributed by atoms with van der Waals surface area (Å²) in [6.07, 6.45) is 3.99.